The summed E-state index contributed by atoms with van der Waals surface area (Å²) in [5.74, 6) is -0.694. The lowest BCUT2D eigenvalue weighted by Gasteiger charge is -2.13. The fraction of sp³-hybridized carbons (Fsp3) is 0.211. The van der Waals surface area contributed by atoms with Gasteiger partial charge in [-0.1, -0.05) is 18.2 Å². The van der Waals surface area contributed by atoms with Gasteiger partial charge in [-0.05, 0) is 50.6 Å². The lowest BCUT2D eigenvalue weighted by atomic mass is 10.2. The molecule has 3 aromatic rings. The molecule has 0 spiro atoms. The summed E-state index contributed by atoms with van der Waals surface area (Å²) in [6.45, 7) is 5.20. The maximum absolute atomic E-state index is 13.8. The second kappa shape index (κ2) is 6.84. The number of halogens is 1. The largest absolute Gasteiger partial charge is 0.458 e. The molecule has 0 atom stereocenters. The third-order valence-electron chi connectivity index (χ3n) is 3.54. The SMILES string of the molecule is Cc1ccc(Nc2nc3ccccc3nc2C(=O)OC(C)C)cc1F. The quantitative estimate of drug-likeness (QED) is 0.714. The van der Waals surface area contributed by atoms with Crippen molar-refractivity contribution < 1.29 is 13.9 Å². The second-order valence-corrected chi connectivity index (χ2v) is 5.95. The molecule has 0 fully saturated rings. The van der Waals surface area contributed by atoms with Crippen LogP contribution >= 0.6 is 0 Å². The number of aryl methyl sites for hydroxylation is 1. The summed E-state index contributed by atoms with van der Waals surface area (Å²) in [5, 5.41) is 2.97. The van der Waals surface area contributed by atoms with Crippen LogP contribution in [0.5, 0.6) is 0 Å². The van der Waals surface area contributed by atoms with Crippen LogP contribution in [0, 0.1) is 12.7 Å². The van der Waals surface area contributed by atoms with Gasteiger partial charge in [0.2, 0.25) is 0 Å². The minimum atomic E-state index is -0.580. The number of carbonyl (C=O) groups is 1. The first-order valence-corrected chi connectivity index (χ1v) is 7.95. The van der Waals surface area contributed by atoms with Gasteiger partial charge in [-0.25, -0.2) is 19.2 Å². The van der Waals surface area contributed by atoms with Gasteiger partial charge >= 0.3 is 5.97 Å². The van der Waals surface area contributed by atoms with Crippen molar-refractivity contribution in [1.29, 1.82) is 0 Å². The number of fused-ring (bicyclic) bond motifs is 1. The Labute approximate surface area is 144 Å². The van der Waals surface area contributed by atoms with E-state index in [2.05, 4.69) is 15.3 Å². The number of aromatic nitrogens is 2. The second-order valence-electron chi connectivity index (χ2n) is 5.95. The number of nitrogens with one attached hydrogen (secondary N) is 1. The molecule has 3 rings (SSSR count). The van der Waals surface area contributed by atoms with E-state index in [4.69, 9.17) is 4.74 Å². The topological polar surface area (TPSA) is 64.1 Å². The maximum atomic E-state index is 13.8. The van der Waals surface area contributed by atoms with Crippen molar-refractivity contribution in [3.63, 3.8) is 0 Å². The Kier molecular flexibility index (Phi) is 4.61. The van der Waals surface area contributed by atoms with E-state index in [1.54, 1.807) is 45.0 Å². The highest BCUT2D eigenvalue weighted by atomic mass is 19.1. The molecular formula is C19H18FN3O2. The molecule has 1 N–H and O–H groups in total. The number of carbonyl (C=O) groups excluding carboxylic acids is 1. The highest BCUT2D eigenvalue weighted by Crippen LogP contribution is 2.23. The molecule has 25 heavy (non-hydrogen) atoms. The Bertz CT molecular complexity index is 941. The molecule has 128 valence electrons. The van der Waals surface area contributed by atoms with Crippen molar-refractivity contribution in [2.24, 2.45) is 0 Å². The van der Waals surface area contributed by atoms with Gasteiger partial charge in [0.25, 0.3) is 0 Å². The van der Waals surface area contributed by atoms with Crippen LogP contribution in [0.1, 0.15) is 29.9 Å². The van der Waals surface area contributed by atoms with Crippen LogP contribution in [0.4, 0.5) is 15.9 Å². The van der Waals surface area contributed by atoms with E-state index in [0.717, 1.165) is 0 Å². The lowest BCUT2D eigenvalue weighted by molar-refractivity contribution is 0.0372. The minimum Gasteiger partial charge on any atom is -0.458 e. The first-order chi connectivity index (χ1) is 11.9. The summed E-state index contributed by atoms with van der Waals surface area (Å²) < 4.78 is 19.0. The first kappa shape index (κ1) is 16.8. The molecule has 0 saturated carbocycles. The third kappa shape index (κ3) is 3.74. The van der Waals surface area contributed by atoms with Crippen LogP contribution in [-0.2, 0) is 4.74 Å². The number of anilines is 2. The van der Waals surface area contributed by atoms with Gasteiger partial charge in [-0.15, -0.1) is 0 Å². The molecular weight excluding hydrogens is 321 g/mol. The van der Waals surface area contributed by atoms with E-state index in [1.165, 1.54) is 6.07 Å². The maximum Gasteiger partial charge on any atom is 0.361 e. The molecule has 6 heteroatoms. The number of benzene rings is 2. The zero-order valence-electron chi connectivity index (χ0n) is 14.2. The fourth-order valence-corrected chi connectivity index (χ4v) is 2.31. The molecule has 2 aromatic carbocycles. The summed E-state index contributed by atoms with van der Waals surface area (Å²) >= 11 is 0. The zero-order chi connectivity index (χ0) is 18.0. The molecule has 0 unspecified atom stereocenters. The highest BCUT2D eigenvalue weighted by molar-refractivity contribution is 5.96. The minimum absolute atomic E-state index is 0.0633. The predicted molar refractivity (Wildman–Crippen MR) is 94.5 cm³/mol. The zero-order valence-corrected chi connectivity index (χ0v) is 14.2. The number of rotatable bonds is 4. The average Bonchev–Trinajstić information content (AvgIpc) is 2.57. The molecule has 0 aliphatic carbocycles. The lowest BCUT2D eigenvalue weighted by Crippen LogP contribution is -2.16. The van der Waals surface area contributed by atoms with E-state index in [9.17, 15) is 9.18 Å². The molecule has 1 heterocycles. The standard InChI is InChI=1S/C19H18FN3O2/c1-11(2)25-19(24)17-18(21-13-9-8-12(3)14(20)10-13)23-16-7-5-4-6-15(16)22-17/h4-11H,1-3H3,(H,21,23). The van der Waals surface area contributed by atoms with Crippen LogP contribution in [0.25, 0.3) is 11.0 Å². The molecule has 5 nitrogen and oxygen atoms in total. The van der Waals surface area contributed by atoms with Crippen LogP contribution in [0.3, 0.4) is 0 Å². The number of esters is 1. The van der Waals surface area contributed by atoms with Gasteiger partial charge < -0.3 is 10.1 Å². The third-order valence-corrected chi connectivity index (χ3v) is 3.54. The van der Waals surface area contributed by atoms with Crippen molar-refractivity contribution in [2.45, 2.75) is 26.9 Å². The Morgan fingerprint density at radius 3 is 2.44 bits per heavy atom. The number of hydrogen-bond acceptors (Lipinski definition) is 5. The summed E-state index contributed by atoms with van der Waals surface area (Å²) in [4.78, 5) is 21.2. The molecule has 0 aliphatic rings. The normalized spacial score (nSPS) is 10.9. The smallest absolute Gasteiger partial charge is 0.361 e. The van der Waals surface area contributed by atoms with Crippen LogP contribution in [0.15, 0.2) is 42.5 Å². The number of nitrogens with zero attached hydrogens (tertiary/aromatic N) is 2. The van der Waals surface area contributed by atoms with Crippen LogP contribution in [0.2, 0.25) is 0 Å². The van der Waals surface area contributed by atoms with E-state index >= 15 is 0 Å². The predicted octanol–water partition coefficient (Wildman–Crippen LogP) is 4.39. The Balaban J connectivity index is 2.07. The fourth-order valence-electron chi connectivity index (χ4n) is 2.31. The van der Waals surface area contributed by atoms with Crippen LogP contribution < -0.4 is 5.32 Å². The van der Waals surface area contributed by atoms with Gasteiger partial charge in [0.05, 0.1) is 17.1 Å². The van der Waals surface area contributed by atoms with Crippen LogP contribution in [-0.4, -0.2) is 22.0 Å². The number of hydrogen-bond donors (Lipinski definition) is 1. The average molecular weight is 339 g/mol. The summed E-state index contributed by atoms with van der Waals surface area (Å²) in [6, 6.07) is 11.9. The Hall–Kier alpha value is -3.02. The number of ether oxygens (including phenoxy) is 1. The molecule has 0 amide bonds. The van der Waals surface area contributed by atoms with E-state index < -0.39 is 5.97 Å². The molecule has 0 bridgehead atoms. The van der Waals surface area contributed by atoms with Gasteiger partial charge in [0.15, 0.2) is 11.5 Å². The molecule has 0 saturated heterocycles. The van der Waals surface area contributed by atoms with E-state index in [-0.39, 0.29) is 23.4 Å². The van der Waals surface area contributed by atoms with Gasteiger partial charge in [-0.2, -0.15) is 0 Å². The van der Waals surface area contributed by atoms with Crippen molar-refractivity contribution in [3.05, 3.63) is 59.5 Å². The number of para-hydroxylation sites is 2. The van der Waals surface area contributed by atoms with Crippen molar-refractivity contribution in [3.8, 4) is 0 Å². The van der Waals surface area contributed by atoms with E-state index in [1.807, 2.05) is 12.1 Å². The monoisotopic (exact) mass is 339 g/mol. The summed E-state index contributed by atoms with van der Waals surface area (Å²) in [6.07, 6.45) is -0.287. The van der Waals surface area contributed by atoms with Crippen molar-refractivity contribution in [1.82, 2.24) is 9.97 Å². The highest BCUT2D eigenvalue weighted by Gasteiger charge is 2.19. The Morgan fingerprint density at radius 2 is 1.80 bits per heavy atom. The Morgan fingerprint density at radius 1 is 1.12 bits per heavy atom. The first-order valence-electron chi connectivity index (χ1n) is 7.95. The van der Waals surface area contributed by atoms with Crippen molar-refractivity contribution in [2.75, 3.05) is 5.32 Å². The molecule has 0 aliphatic heterocycles. The van der Waals surface area contributed by atoms with Gasteiger partial charge in [0, 0.05) is 5.69 Å². The summed E-state index contributed by atoms with van der Waals surface area (Å²) in [7, 11) is 0. The molecule has 1 aromatic heterocycles. The van der Waals surface area contributed by atoms with Gasteiger partial charge in [-0.3, -0.25) is 0 Å². The summed E-state index contributed by atoms with van der Waals surface area (Å²) in [5.41, 5.74) is 2.28. The molecule has 0 radical (unpaired) electrons. The van der Waals surface area contributed by atoms with Crippen molar-refractivity contribution >= 4 is 28.5 Å². The van der Waals surface area contributed by atoms with E-state index in [0.29, 0.717) is 22.3 Å². The van der Waals surface area contributed by atoms with Gasteiger partial charge in [0.1, 0.15) is 5.82 Å².